The number of ether oxygens (including phenoxy) is 2. The van der Waals surface area contributed by atoms with Crippen LogP contribution in [0.15, 0.2) is 0 Å². The smallest absolute Gasteiger partial charge is 0.376 e. The molecule has 0 aliphatic heterocycles. The molecule has 2 atom stereocenters. The highest BCUT2D eigenvalue weighted by Gasteiger charge is 2.55. The van der Waals surface area contributed by atoms with Gasteiger partial charge < -0.3 is 9.47 Å². The van der Waals surface area contributed by atoms with Crippen molar-refractivity contribution in [2.45, 2.75) is 50.6 Å². The zero-order chi connectivity index (χ0) is 15.3. The van der Waals surface area contributed by atoms with Crippen molar-refractivity contribution in [1.82, 2.24) is 0 Å². The molecule has 4 bridgehead atoms. The summed E-state index contributed by atoms with van der Waals surface area (Å²) in [5.41, 5.74) is -0.300. The number of halogens is 2. The molecule has 4 aliphatic rings. The minimum absolute atomic E-state index is 0.110. The van der Waals surface area contributed by atoms with Gasteiger partial charge in [-0.1, -0.05) is 0 Å². The molecule has 118 valence electrons. The van der Waals surface area contributed by atoms with Gasteiger partial charge in [-0.15, -0.1) is 0 Å². The second-order valence-corrected chi connectivity index (χ2v) is 6.80. The van der Waals surface area contributed by atoms with Crippen molar-refractivity contribution >= 4 is 11.8 Å². The van der Waals surface area contributed by atoms with Gasteiger partial charge in [0.25, 0.3) is 0 Å². The number of hydrogen-bond acceptors (Lipinski definition) is 4. The molecular formula is C15H20F2O4. The zero-order valence-electron chi connectivity index (χ0n) is 12.1. The van der Waals surface area contributed by atoms with E-state index < -0.39 is 11.9 Å². The molecule has 0 N–H and O–H groups in total. The molecule has 21 heavy (non-hydrogen) atoms. The van der Waals surface area contributed by atoms with Crippen molar-refractivity contribution in [2.24, 2.45) is 17.8 Å². The van der Waals surface area contributed by atoms with E-state index in [4.69, 9.17) is 4.74 Å². The average molecular weight is 302 g/mol. The Kier molecular flexibility index (Phi) is 3.55. The van der Waals surface area contributed by atoms with E-state index in [1.54, 1.807) is 0 Å². The first-order valence-corrected chi connectivity index (χ1v) is 7.52. The Morgan fingerprint density at radius 1 is 1.24 bits per heavy atom. The van der Waals surface area contributed by atoms with Gasteiger partial charge in [0.1, 0.15) is 12.4 Å². The van der Waals surface area contributed by atoms with Crippen LogP contribution in [0.5, 0.6) is 0 Å². The Labute approximate surface area is 122 Å². The van der Waals surface area contributed by atoms with Crippen LogP contribution in [0.1, 0.15) is 39.0 Å². The van der Waals surface area contributed by atoms with Crippen molar-refractivity contribution in [3.05, 3.63) is 0 Å². The fourth-order valence-corrected chi connectivity index (χ4v) is 4.37. The van der Waals surface area contributed by atoms with Gasteiger partial charge in [-0.2, -0.15) is 8.78 Å². The minimum atomic E-state index is -3.47. The van der Waals surface area contributed by atoms with Crippen molar-refractivity contribution in [3.8, 4) is 0 Å². The number of alkyl halides is 2. The maximum atomic E-state index is 12.6. The molecule has 6 heteroatoms. The lowest BCUT2D eigenvalue weighted by molar-refractivity contribution is -0.186. The summed E-state index contributed by atoms with van der Waals surface area (Å²) in [6, 6.07) is 0. The number of hydrogen-bond donors (Lipinski definition) is 0. The summed E-state index contributed by atoms with van der Waals surface area (Å²) in [5, 5.41) is 0. The predicted molar refractivity (Wildman–Crippen MR) is 68.8 cm³/mol. The van der Waals surface area contributed by atoms with Crippen LogP contribution >= 0.6 is 0 Å². The number of esters is 1. The Balaban J connectivity index is 1.50. The number of carbonyl (C=O) groups is 2. The Hall–Kier alpha value is -1.04. The van der Waals surface area contributed by atoms with Crippen molar-refractivity contribution in [3.63, 3.8) is 0 Å². The standard InChI is InChI=1S/C15H20F2O4/c1-14(16,17)13(19)20-2-3-21-15-6-9-4-10(7-15)12(18)11(5-9)8-15/h9-11H,2-8H2,1H3. The highest BCUT2D eigenvalue weighted by atomic mass is 19.3. The van der Waals surface area contributed by atoms with Crippen molar-refractivity contribution in [2.75, 3.05) is 13.2 Å². The van der Waals surface area contributed by atoms with Crippen LogP contribution in [0, 0.1) is 17.8 Å². The maximum Gasteiger partial charge on any atom is 0.376 e. The largest absolute Gasteiger partial charge is 0.459 e. The quantitative estimate of drug-likeness (QED) is 0.578. The van der Waals surface area contributed by atoms with E-state index in [1.807, 2.05) is 0 Å². The number of Topliss-reactive ketones (excluding diaryl/α,β-unsaturated/α-hetero) is 1. The highest BCUT2D eigenvalue weighted by Crippen LogP contribution is 2.55. The van der Waals surface area contributed by atoms with Gasteiger partial charge in [0.2, 0.25) is 0 Å². The molecule has 2 unspecified atom stereocenters. The molecule has 0 amide bonds. The minimum Gasteiger partial charge on any atom is -0.459 e. The first-order valence-electron chi connectivity index (χ1n) is 7.52. The molecule has 0 aromatic heterocycles. The van der Waals surface area contributed by atoms with E-state index >= 15 is 0 Å². The summed E-state index contributed by atoms with van der Waals surface area (Å²) in [5.74, 6) is -3.85. The van der Waals surface area contributed by atoms with Crippen LogP contribution in [0.4, 0.5) is 8.78 Å². The first-order chi connectivity index (χ1) is 9.79. The normalized spacial score (nSPS) is 37.9. The molecule has 0 aromatic carbocycles. The van der Waals surface area contributed by atoms with E-state index in [0.29, 0.717) is 18.6 Å². The number of carbonyl (C=O) groups excluding carboxylic acids is 2. The van der Waals surface area contributed by atoms with E-state index in [0.717, 1.165) is 32.1 Å². The summed E-state index contributed by atoms with van der Waals surface area (Å²) in [7, 11) is 0. The van der Waals surface area contributed by atoms with Gasteiger partial charge in [0, 0.05) is 18.8 Å². The third-order valence-electron chi connectivity index (χ3n) is 5.02. The van der Waals surface area contributed by atoms with Crippen LogP contribution in [0.3, 0.4) is 0 Å². The summed E-state index contributed by atoms with van der Waals surface area (Å²) < 4.78 is 35.7. The van der Waals surface area contributed by atoms with E-state index in [2.05, 4.69) is 4.74 Å². The van der Waals surface area contributed by atoms with Gasteiger partial charge in [0.05, 0.1) is 12.2 Å². The molecular weight excluding hydrogens is 282 g/mol. The Morgan fingerprint density at radius 3 is 2.43 bits per heavy atom. The van der Waals surface area contributed by atoms with Crippen LogP contribution < -0.4 is 0 Å². The summed E-state index contributed by atoms with van der Waals surface area (Å²) in [6.07, 6.45) is 4.34. The van der Waals surface area contributed by atoms with Gasteiger partial charge in [-0.25, -0.2) is 4.79 Å². The maximum absolute atomic E-state index is 12.6. The first kappa shape index (κ1) is 14.9. The van der Waals surface area contributed by atoms with Crippen LogP contribution in [-0.4, -0.2) is 36.5 Å². The lowest BCUT2D eigenvalue weighted by Crippen LogP contribution is -2.56. The third-order valence-corrected chi connectivity index (χ3v) is 5.02. The molecule has 4 saturated carbocycles. The number of rotatable bonds is 5. The molecule has 0 saturated heterocycles. The lowest BCUT2D eigenvalue weighted by atomic mass is 9.53. The zero-order valence-corrected chi connectivity index (χ0v) is 12.1. The fourth-order valence-electron chi connectivity index (χ4n) is 4.37. The molecule has 0 radical (unpaired) electrons. The van der Waals surface area contributed by atoms with Crippen molar-refractivity contribution in [1.29, 1.82) is 0 Å². The van der Waals surface area contributed by atoms with E-state index in [-0.39, 0.29) is 30.7 Å². The van der Waals surface area contributed by atoms with Crippen LogP contribution in [0.25, 0.3) is 0 Å². The van der Waals surface area contributed by atoms with Gasteiger partial charge in [-0.05, 0) is 38.0 Å². The van der Waals surface area contributed by atoms with E-state index in [9.17, 15) is 18.4 Å². The van der Waals surface area contributed by atoms with Gasteiger partial charge >= 0.3 is 11.9 Å². The second kappa shape index (κ2) is 5.00. The Morgan fingerprint density at radius 2 is 1.86 bits per heavy atom. The van der Waals surface area contributed by atoms with Crippen LogP contribution in [0.2, 0.25) is 0 Å². The van der Waals surface area contributed by atoms with Crippen LogP contribution in [-0.2, 0) is 19.1 Å². The topological polar surface area (TPSA) is 52.6 Å². The monoisotopic (exact) mass is 302 g/mol. The molecule has 4 fully saturated rings. The summed E-state index contributed by atoms with van der Waals surface area (Å²) in [6.45, 7) is 0.459. The highest BCUT2D eigenvalue weighted by molar-refractivity contribution is 5.85. The lowest BCUT2D eigenvalue weighted by Gasteiger charge is -2.55. The second-order valence-electron chi connectivity index (χ2n) is 6.80. The fraction of sp³-hybridized carbons (Fsp3) is 0.867. The molecule has 4 rings (SSSR count). The number of ketones is 1. The van der Waals surface area contributed by atoms with Crippen molar-refractivity contribution < 1.29 is 27.8 Å². The average Bonchev–Trinajstić information content (AvgIpc) is 2.38. The molecule has 4 nitrogen and oxygen atoms in total. The van der Waals surface area contributed by atoms with E-state index in [1.165, 1.54) is 0 Å². The van der Waals surface area contributed by atoms with Gasteiger partial charge in [-0.3, -0.25) is 4.79 Å². The SMILES string of the molecule is CC(F)(F)C(=O)OCCOC12CC3CC(C1)C(=O)C(C3)C2. The van der Waals surface area contributed by atoms with Gasteiger partial charge in [0.15, 0.2) is 0 Å². The third kappa shape index (κ3) is 2.82. The molecule has 0 heterocycles. The predicted octanol–water partition coefficient (Wildman–Crippen LogP) is 2.35. The molecule has 0 aromatic rings. The summed E-state index contributed by atoms with van der Waals surface area (Å²) in [4.78, 5) is 23.0. The molecule has 0 spiro atoms. The molecule has 4 aliphatic carbocycles. The Bertz CT molecular complexity index is 439. The summed E-state index contributed by atoms with van der Waals surface area (Å²) >= 11 is 0.